The van der Waals surface area contributed by atoms with Gasteiger partial charge in [0.05, 0.1) is 28.4 Å². The molecule has 0 aliphatic carbocycles. The van der Waals surface area contributed by atoms with Crippen LogP contribution in [-0.2, 0) is 16.1 Å². The number of ether oxygens (including phenoxy) is 1. The summed E-state index contributed by atoms with van der Waals surface area (Å²) >= 11 is 7.43. The summed E-state index contributed by atoms with van der Waals surface area (Å²) in [5, 5.41) is 2.83. The van der Waals surface area contributed by atoms with Gasteiger partial charge in [-0.1, -0.05) is 11.6 Å². The first kappa shape index (κ1) is 18.4. The molecular weight excluding hydrogens is 348 g/mol. The minimum absolute atomic E-state index is 0.0842. The topological polar surface area (TPSA) is 59.8 Å². The van der Waals surface area contributed by atoms with Crippen molar-refractivity contribution in [3.8, 4) is 0 Å². The summed E-state index contributed by atoms with van der Waals surface area (Å²) in [5.41, 5.74) is 1.12. The Labute approximate surface area is 150 Å². The number of benzene rings is 1. The third-order valence-electron chi connectivity index (χ3n) is 3.25. The third kappa shape index (κ3) is 5.63. The van der Waals surface area contributed by atoms with Crippen molar-refractivity contribution < 1.29 is 19.2 Å². The van der Waals surface area contributed by atoms with Crippen molar-refractivity contribution in [3.05, 3.63) is 51.2 Å². The van der Waals surface area contributed by atoms with Crippen LogP contribution in [0.2, 0.25) is 4.34 Å². The summed E-state index contributed by atoms with van der Waals surface area (Å²) in [6, 6.07) is 10.5. The van der Waals surface area contributed by atoms with Gasteiger partial charge in [0.15, 0.2) is 6.54 Å². The summed E-state index contributed by atoms with van der Waals surface area (Å²) < 4.78 is 5.68. The number of halogens is 1. The lowest BCUT2D eigenvalue weighted by atomic mass is 10.2. The number of amides is 1. The molecule has 0 aliphatic rings. The maximum atomic E-state index is 12.1. The summed E-state index contributed by atoms with van der Waals surface area (Å²) in [7, 11) is 1.96. The van der Waals surface area contributed by atoms with Gasteiger partial charge in [0.25, 0.3) is 5.91 Å². The lowest BCUT2D eigenvalue weighted by Crippen LogP contribution is -3.08. The number of rotatable bonds is 7. The molecule has 128 valence electrons. The Bertz CT molecular complexity index is 700. The highest BCUT2D eigenvalue weighted by atomic mass is 35.5. The second-order valence-electron chi connectivity index (χ2n) is 5.36. The van der Waals surface area contributed by atoms with Gasteiger partial charge in [-0.2, -0.15) is 0 Å². The molecule has 24 heavy (non-hydrogen) atoms. The number of nitrogens with one attached hydrogen (secondary N) is 2. The van der Waals surface area contributed by atoms with E-state index in [1.54, 1.807) is 31.2 Å². The van der Waals surface area contributed by atoms with Gasteiger partial charge in [-0.3, -0.25) is 4.79 Å². The van der Waals surface area contributed by atoms with Gasteiger partial charge in [0.1, 0.15) is 6.54 Å². The Morgan fingerprint density at radius 3 is 2.50 bits per heavy atom. The molecule has 0 aliphatic heterocycles. The van der Waals surface area contributed by atoms with E-state index in [1.807, 2.05) is 19.2 Å². The van der Waals surface area contributed by atoms with Crippen molar-refractivity contribution in [2.75, 3.05) is 25.5 Å². The van der Waals surface area contributed by atoms with E-state index < -0.39 is 0 Å². The molecule has 0 bridgehead atoms. The predicted molar refractivity (Wildman–Crippen MR) is 95.8 cm³/mol. The van der Waals surface area contributed by atoms with Crippen LogP contribution >= 0.6 is 22.9 Å². The molecule has 1 aromatic heterocycles. The molecule has 1 heterocycles. The van der Waals surface area contributed by atoms with Crippen LogP contribution in [0.3, 0.4) is 0 Å². The highest BCUT2D eigenvalue weighted by Crippen LogP contribution is 2.20. The predicted octanol–water partition coefficient (Wildman–Crippen LogP) is 2.23. The quantitative estimate of drug-likeness (QED) is 0.738. The zero-order chi connectivity index (χ0) is 17.5. The zero-order valence-corrected chi connectivity index (χ0v) is 15.2. The van der Waals surface area contributed by atoms with Crippen LogP contribution in [0.4, 0.5) is 5.69 Å². The lowest BCUT2D eigenvalue weighted by molar-refractivity contribution is -0.884. The first-order valence-corrected chi connectivity index (χ1v) is 8.80. The fourth-order valence-electron chi connectivity index (χ4n) is 2.19. The van der Waals surface area contributed by atoms with Gasteiger partial charge in [-0.25, -0.2) is 4.79 Å². The summed E-state index contributed by atoms with van der Waals surface area (Å²) in [6.45, 7) is 3.18. The van der Waals surface area contributed by atoms with Gasteiger partial charge in [-0.05, 0) is 43.3 Å². The second kappa shape index (κ2) is 8.82. The van der Waals surface area contributed by atoms with E-state index in [1.165, 1.54) is 11.3 Å². The van der Waals surface area contributed by atoms with Crippen molar-refractivity contribution in [2.24, 2.45) is 0 Å². The number of anilines is 1. The molecule has 0 fully saturated rings. The SMILES string of the molecule is CCOC(=O)c1ccc(NC(=O)C[NH+](C)Cc2ccc(Cl)s2)cc1. The lowest BCUT2D eigenvalue weighted by Gasteiger charge is -2.13. The van der Waals surface area contributed by atoms with E-state index in [4.69, 9.17) is 16.3 Å². The first-order chi connectivity index (χ1) is 11.5. The molecule has 1 amide bonds. The minimum atomic E-state index is -0.367. The van der Waals surface area contributed by atoms with E-state index in [0.717, 1.165) is 20.7 Å². The molecule has 1 unspecified atom stereocenters. The number of hydrogen-bond donors (Lipinski definition) is 2. The molecule has 5 nitrogen and oxygen atoms in total. The van der Waals surface area contributed by atoms with Crippen molar-refractivity contribution >= 4 is 40.5 Å². The van der Waals surface area contributed by atoms with E-state index in [0.29, 0.717) is 24.4 Å². The van der Waals surface area contributed by atoms with E-state index in [2.05, 4.69) is 5.32 Å². The van der Waals surface area contributed by atoms with Crippen molar-refractivity contribution in [1.82, 2.24) is 0 Å². The van der Waals surface area contributed by atoms with Crippen LogP contribution in [0.5, 0.6) is 0 Å². The van der Waals surface area contributed by atoms with Crippen LogP contribution in [0.15, 0.2) is 36.4 Å². The van der Waals surface area contributed by atoms with Crippen molar-refractivity contribution in [3.63, 3.8) is 0 Å². The van der Waals surface area contributed by atoms with Crippen molar-refractivity contribution in [1.29, 1.82) is 0 Å². The fourth-order valence-corrected chi connectivity index (χ4v) is 3.39. The maximum absolute atomic E-state index is 12.1. The molecule has 0 saturated heterocycles. The number of likely N-dealkylation sites (N-methyl/N-ethyl adjacent to an activating group) is 1. The van der Waals surface area contributed by atoms with E-state index in [9.17, 15) is 9.59 Å². The number of esters is 1. The Balaban J connectivity index is 1.84. The molecule has 0 saturated carbocycles. The van der Waals surface area contributed by atoms with Crippen LogP contribution in [0.1, 0.15) is 22.2 Å². The van der Waals surface area contributed by atoms with Crippen LogP contribution in [0, 0.1) is 0 Å². The molecule has 0 radical (unpaired) electrons. The molecule has 2 rings (SSSR count). The Morgan fingerprint density at radius 2 is 1.92 bits per heavy atom. The molecule has 2 aromatic rings. The van der Waals surface area contributed by atoms with Crippen LogP contribution in [0.25, 0.3) is 0 Å². The summed E-state index contributed by atoms with van der Waals surface area (Å²) in [6.07, 6.45) is 0. The average molecular weight is 368 g/mol. The Hall–Kier alpha value is -1.89. The second-order valence-corrected chi connectivity index (χ2v) is 7.16. The Morgan fingerprint density at radius 1 is 1.21 bits per heavy atom. The first-order valence-electron chi connectivity index (χ1n) is 7.60. The summed E-state index contributed by atoms with van der Waals surface area (Å²) in [5.74, 6) is -0.451. The van der Waals surface area contributed by atoms with Gasteiger partial charge < -0.3 is 15.0 Å². The number of carbonyl (C=O) groups is 2. The number of thiophene rings is 1. The molecule has 2 N–H and O–H groups in total. The van der Waals surface area contributed by atoms with Crippen LogP contribution < -0.4 is 10.2 Å². The van der Waals surface area contributed by atoms with Gasteiger partial charge >= 0.3 is 5.97 Å². The zero-order valence-electron chi connectivity index (χ0n) is 13.6. The molecule has 1 aromatic carbocycles. The molecule has 0 spiro atoms. The number of quaternary nitrogens is 1. The van der Waals surface area contributed by atoms with Gasteiger partial charge in [-0.15, -0.1) is 11.3 Å². The largest absolute Gasteiger partial charge is 0.462 e. The van der Waals surface area contributed by atoms with Gasteiger partial charge in [0.2, 0.25) is 0 Å². The molecule has 1 atom stereocenters. The van der Waals surface area contributed by atoms with E-state index in [-0.39, 0.29) is 11.9 Å². The monoisotopic (exact) mass is 367 g/mol. The normalized spacial score (nSPS) is 11.8. The highest BCUT2D eigenvalue weighted by Gasteiger charge is 2.12. The molecular formula is C17H20ClN2O3S+. The third-order valence-corrected chi connectivity index (χ3v) is 4.48. The number of carbonyl (C=O) groups excluding carboxylic acids is 2. The average Bonchev–Trinajstić information content (AvgIpc) is 2.92. The Kier molecular flexibility index (Phi) is 6.78. The smallest absolute Gasteiger partial charge is 0.338 e. The fraction of sp³-hybridized carbons (Fsp3) is 0.294. The van der Waals surface area contributed by atoms with E-state index >= 15 is 0 Å². The van der Waals surface area contributed by atoms with Crippen LogP contribution in [-0.4, -0.2) is 32.1 Å². The number of hydrogen-bond acceptors (Lipinski definition) is 4. The summed E-state index contributed by atoms with van der Waals surface area (Å²) in [4.78, 5) is 25.9. The van der Waals surface area contributed by atoms with Crippen molar-refractivity contribution in [2.45, 2.75) is 13.5 Å². The molecule has 7 heteroatoms. The maximum Gasteiger partial charge on any atom is 0.338 e. The highest BCUT2D eigenvalue weighted by molar-refractivity contribution is 7.16. The van der Waals surface area contributed by atoms with Gasteiger partial charge in [0, 0.05) is 5.69 Å². The standard InChI is InChI=1S/C17H19ClN2O3S/c1-3-23-17(22)12-4-6-13(7-5-12)19-16(21)11-20(2)10-14-8-9-15(18)24-14/h4-9H,3,10-11H2,1-2H3,(H,19,21)/p+1. The minimum Gasteiger partial charge on any atom is -0.462 e.